The molecule has 0 aliphatic carbocycles. The van der Waals surface area contributed by atoms with Crippen LogP contribution in [0.4, 0.5) is 5.69 Å². The highest BCUT2D eigenvalue weighted by atomic mass is 16.2. The van der Waals surface area contributed by atoms with Crippen LogP contribution in [0.3, 0.4) is 0 Å². The highest BCUT2D eigenvalue weighted by Gasteiger charge is 2.35. The van der Waals surface area contributed by atoms with E-state index >= 15 is 0 Å². The van der Waals surface area contributed by atoms with Crippen LogP contribution in [0, 0.1) is 19.8 Å². The Labute approximate surface area is 151 Å². The van der Waals surface area contributed by atoms with Gasteiger partial charge in [0.15, 0.2) is 0 Å². The lowest BCUT2D eigenvalue weighted by atomic mass is 10.1. The number of carbonyl (C=O) groups is 2. The Balaban J connectivity index is 1.93. The molecular formula is C20H31N3O2. The van der Waals surface area contributed by atoms with Gasteiger partial charge < -0.3 is 10.2 Å². The fourth-order valence-corrected chi connectivity index (χ4v) is 3.39. The Hall–Kier alpha value is -1.88. The quantitative estimate of drug-likeness (QED) is 0.826. The van der Waals surface area contributed by atoms with Crippen LogP contribution in [0.25, 0.3) is 0 Å². The zero-order valence-corrected chi connectivity index (χ0v) is 16.1. The maximum absolute atomic E-state index is 12.5. The molecule has 0 bridgehead atoms. The first kappa shape index (κ1) is 19.4. The molecule has 2 amide bonds. The van der Waals surface area contributed by atoms with Gasteiger partial charge in [0, 0.05) is 37.8 Å². The van der Waals surface area contributed by atoms with E-state index in [9.17, 15) is 9.59 Å². The number of nitrogens with one attached hydrogen (secondary N) is 1. The molecule has 5 heteroatoms. The standard InChI is InChI=1S/C20H31N3O2/c1-6-22(14(2)3)11-10-21-20(25)17-12-19(24)23(13-17)18-9-7-8-15(4)16(18)5/h7-9,14,17H,6,10-13H2,1-5H3,(H,21,25). The summed E-state index contributed by atoms with van der Waals surface area (Å²) in [5, 5.41) is 3.00. The molecule has 1 aliphatic heterocycles. The van der Waals surface area contributed by atoms with E-state index < -0.39 is 0 Å². The van der Waals surface area contributed by atoms with Gasteiger partial charge in [0.2, 0.25) is 11.8 Å². The first-order valence-corrected chi connectivity index (χ1v) is 9.23. The monoisotopic (exact) mass is 345 g/mol. The topological polar surface area (TPSA) is 52.7 Å². The SMILES string of the molecule is CCN(CCNC(=O)C1CC(=O)N(c2cccc(C)c2C)C1)C(C)C. The summed E-state index contributed by atoms with van der Waals surface area (Å²) >= 11 is 0. The summed E-state index contributed by atoms with van der Waals surface area (Å²) in [4.78, 5) is 28.9. The third-order valence-electron chi connectivity index (χ3n) is 5.20. The van der Waals surface area contributed by atoms with E-state index in [0.717, 1.165) is 29.9 Å². The van der Waals surface area contributed by atoms with Crippen molar-refractivity contribution in [3.05, 3.63) is 29.3 Å². The van der Waals surface area contributed by atoms with E-state index in [2.05, 4.69) is 31.0 Å². The van der Waals surface area contributed by atoms with Gasteiger partial charge in [0.05, 0.1) is 5.92 Å². The second kappa shape index (κ2) is 8.48. The minimum atomic E-state index is -0.262. The van der Waals surface area contributed by atoms with E-state index in [1.165, 1.54) is 0 Å². The van der Waals surface area contributed by atoms with Crippen LogP contribution in [-0.4, -0.2) is 48.9 Å². The summed E-state index contributed by atoms with van der Waals surface area (Å²) in [5.41, 5.74) is 3.19. The lowest BCUT2D eigenvalue weighted by Crippen LogP contribution is -2.40. The smallest absolute Gasteiger partial charge is 0.227 e. The number of carbonyl (C=O) groups excluding carboxylic acids is 2. The van der Waals surface area contributed by atoms with Gasteiger partial charge in [-0.15, -0.1) is 0 Å². The molecule has 1 aromatic carbocycles. The van der Waals surface area contributed by atoms with Gasteiger partial charge in [-0.25, -0.2) is 0 Å². The number of nitrogens with zero attached hydrogens (tertiary/aromatic N) is 2. The van der Waals surface area contributed by atoms with E-state index in [4.69, 9.17) is 0 Å². The maximum atomic E-state index is 12.5. The summed E-state index contributed by atoms with van der Waals surface area (Å²) < 4.78 is 0. The molecule has 1 N–H and O–H groups in total. The van der Waals surface area contributed by atoms with E-state index in [0.29, 0.717) is 25.6 Å². The van der Waals surface area contributed by atoms with Crippen molar-refractivity contribution in [2.45, 2.75) is 47.1 Å². The minimum absolute atomic E-state index is 0.0130. The Kier molecular flexibility index (Phi) is 6.59. The molecule has 1 aromatic rings. The van der Waals surface area contributed by atoms with Gasteiger partial charge in [-0.05, 0) is 51.4 Å². The Morgan fingerprint density at radius 2 is 2.08 bits per heavy atom. The number of rotatable bonds is 7. The summed E-state index contributed by atoms with van der Waals surface area (Å²) in [6.45, 7) is 13.4. The fourth-order valence-electron chi connectivity index (χ4n) is 3.39. The van der Waals surface area contributed by atoms with Gasteiger partial charge in [-0.3, -0.25) is 14.5 Å². The predicted molar refractivity (Wildman–Crippen MR) is 102 cm³/mol. The van der Waals surface area contributed by atoms with Crippen LogP contribution in [0.15, 0.2) is 18.2 Å². The van der Waals surface area contributed by atoms with E-state index in [1.54, 1.807) is 4.90 Å². The molecule has 1 heterocycles. The Morgan fingerprint density at radius 1 is 1.36 bits per heavy atom. The van der Waals surface area contributed by atoms with Crippen LogP contribution in [-0.2, 0) is 9.59 Å². The van der Waals surface area contributed by atoms with Crippen LogP contribution < -0.4 is 10.2 Å². The normalized spacial score (nSPS) is 17.6. The highest BCUT2D eigenvalue weighted by Crippen LogP contribution is 2.29. The van der Waals surface area contributed by atoms with Crippen LogP contribution in [0.2, 0.25) is 0 Å². The molecule has 0 radical (unpaired) electrons. The van der Waals surface area contributed by atoms with Crippen molar-refractivity contribution in [1.82, 2.24) is 10.2 Å². The van der Waals surface area contributed by atoms with Crippen LogP contribution >= 0.6 is 0 Å². The first-order valence-electron chi connectivity index (χ1n) is 9.23. The number of likely N-dealkylation sites (N-methyl/N-ethyl adjacent to an activating group) is 1. The van der Waals surface area contributed by atoms with Crippen LogP contribution in [0.1, 0.15) is 38.3 Å². The number of hydrogen-bond donors (Lipinski definition) is 1. The molecule has 1 unspecified atom stereocenters. The minimum Gasteiger partial charge on any atom is -0.355 e. The van der Waals surface area contributed by atoms with Gasteiger partial charge >= 0.3 is 0 Å². The molecule has 1 atom stereocenters. The van der Waals surface area contributed by atoms with E-state index in [-0.39, 0.29) is 17.7 Å². The van der Waals surface area contributed by atoms with Crippen molar-refractivity contribution in [3.8, 4) is 0 Å². The number of aryl methyl sites for hydroxylation is 1. The van der Waals surface area contributed by atoms with Gasteiger partial charge in [-0.1, -0.05) is 19.1 Å². The highest BCUT2D eigenvalue weighted by molar-refractivity contribution is 6.00. The summed E-state index contributed by atoms with van der Waals surface area (Å²) in [7, 11) is 0. The van der Waals surface area contributed by atoms with Gasteiger partial charge in [0.1, 0.15) is 0 Å². The number of anilines is 1. The van der Waals surface area contributed by atoms with Crippen molar-refractivity contribution in [1.29, 1.82) is 0 Å². The molecule has 5 nitrogen and oxygen atoms in total. The second-order valence-electron chi connectivity index (χ2n) is 7.14. The van der Waals surface area contributed by atoms with Crippen molar-refractivity contribution >= 4 is 17.5 Å². The van der Waals surface area contributed by atoms with Gasteiger partial charge in [0.25, 0.3) is 0 Å². The summed E-state index contributed by atoms with van der Waals surface area (Å²) in [6, 6.07) is 6.43. The summed E-state index contributed by atoms with van der Waals surface area (Å²) in [6.07, 6.45) is 0.293. The van der Waals surface area contributed by atoms with E-state index in [1.807, 2.05) is 32.0 Å². The Bertz CT molecular complexity index is 627. The molecule has 1 fully saturated rings. The van der Waals surface area contributed by atoms with Gasteiger partial charge in [-0.2, -0.15) is 0 Å². The summed E-state index contributed by atoms with van der Waals surface area (Å²) in [5.74, 6) is -0.242. The fraction of sp³-hybridized carbons (Fsp3) is 0.600. The molecule has 1 saturated heterocycles. The zero-order valence-electron chi connectivity index (χ0n) is 16.1. The third-order valence-corrected chi connectivity index (χ3v) is 5.20. The molecule has 138 valence electrons. The first-order chi connectivity index (χ1) is 11.8. The van der Waals surface area contributed by atoms with Crippen molar-refractivity contribution < 1.29 is 9.59 Å². The van der Waals surface area contributed by atoms with Crippen molar-refractivity contribution in [2.24, 2.45) is 5.92 Å². The largest absolute Gasteiger partial charge is 0.355 e. The lowest BCUT2D eigenvalue weighted by molar-refractivity contribution is -0.126. The third kappa shape index (κ3) is 4.60. The molecule has 0 saturated carbocycles. The van der Waals surface area contributed by atoms with Crippen molar-refractivity contribution in [2.75, 3.05) is 31.1 Å². The molecule has 25 heavy (non-hydrogen) atoms. The molecular weight excluding hydrogens is 314 g/mol. The molecule has 0 spiro atoms. The number of hydrogen-bond acceptors (Lipinski definition) is 3. The maximum Gasteiger partial charge on any atom is 0.227 e. The molecule has 2 rings (SSSR count). The predicted octanol–water partition coefficient (Wildman–Crippen LogP) is 2.50. The number of benzene rings is 1. The zero-order chi connectivity index (χ0) is 18.6. The lowest BCUT2D eigenvalue weighted by Gasteiger charge is -2.25. The number of amides is 2. The molecule has 1 aliphatic rings. The average Bonchev–Trinajstić information content (AvgIpc) is 2.95. The Morgan fingerprint density at radius 3 is 2.72 bits per heavy atom. The second-order valence-corrected chi connectivity index (χ2v) is 7.14. The molecule has 0 aromatic heterocycles. The van der Waals surface area contributed by atoms with Crippen LogP contribution in [0.5, 0.6) is 0 Å². The average molecular weight is 345 g/mol. The van der Waals surface area contributed by atoms with Crippen molar-refractivity contribution in [3.63, 3.8) is 0 Å².